The first kappa shape index (κ1) is 16.3. The highest BCUT2D eigenvalue weighted by molar-refractivity contribution is 5.69. The van der Waals surface area contributed by atoms with E-state index >= 15 is 0 Å². The van der Waals surface area contributed by atoms with Gasteiger partial charge < -0.3 is 29.5 Å². The van der Waals surface area contributed by atoms with Crippen molar-refractivity contribution in [3.05, 3.63) is 0 Å². The Balaban J connectivity index is 5.41. The first-order valence-corrected chi connectivity index (χ1v) is 4.70. The van der Waals surface area contributed by atoms with Gasteiger partial charge in [-0.05, 0) is 0 Å². The van der Waals surface area contributed by atoms with Gasteiger partial charge in [0, 0.05) is 20.8 Å². The molecular formula is C9H14O9. The standard InChI is InChI=1S/C9H14O9/c1-5(11)16-8(14,4-10)9(15,17-6(2)12)18-7(3)13/h10,14-15H,4H2,1-3H3. The molecule has 9 nitrogen and oxygen atoms in total. The van der Waals surface area contributed by atoms with Gasteiger partial charge in [0.1, 0.15) is 6.61 Å². The number of esters is 3. The molecule has 0 amide bonds. The van der Waals surface area contributed by atoms with E-state index < -0.39 is 36.3 Å². The molecule has 0 aromatic heterocycles. The van der Waals surface area contributed by atoms with Crippen LogP contribution in [0.5, 0.6) is 0 Å². The first-order chi connectivity index (χ1) is 8.06. The normalized spacial score (nSPS) is 14.3. The molecule has 0 saturated heterocycles. The molecule has 0 aliphatic carbocycles. The van der Waals surface area contributed by atoms with Crippen LogP contribution in [-0.4, -0.2) is 51.6 Å². The zero-order valence-electron chi connectivity index (χ0n) is 10.00. The first-order valence-electron chi connectivity index (χ1n) is 4.70. The van der Waals surface area contributed by atoms with Crippen molar-refractivity contribution in [2.45, 2.75) is 32.5 Å². The van der Waals surface area contributed by atoms with Crippen LogP contribution in [0.4, 0.5) is 0 Å². The zero-order valence-corrected chi connectivity index (χ0v) is 10.00. The number of ether oxygens (including phenoxy) is 3. The van der Waals surface area contributed by atoms with Gasteiger partial charge in [-0.25, -0.2) is 0 Å². The lowest BCUT2D eigenvalue weighted by Gasteiger charge is -2.37. The Morgan fingerprint density at radius 3 is 1.44 bits per heavy atom. The van der Waals surface area contributed by atoms with Gasteiger partial charge in [0.15, 0.2) is 0 Å². The molecule has 1 atom stereocenters. The van der Waals surface area contributed by atoms with Gasteiger partial charge in [-0.2, -0.15) is 0 Å². The smallest absolute Gasteiger partial charge is 0.420 e. The lowest BCUT2D eigenvalue weighted by Crippen LogP contribution is -2.63. The van der Waals surface area contributed by atoms with Crippen LogP contribution in [0.2, 0.25) is 0 Å². The average Bonchev–Trinajstić information content (AvgIpc) is 2.13. The van der Waals surface area contributed by atoms with Gasteiger partial charge in [0.25, 0.3) is 0 Å². The van der Waals surface area contributed by atoms with Crippen LogP contribution in [-0.2, 0) is 28.6 Å². The third kappa shape index (κ3) is 3.95. The van der Waals surface area contributed by atoms with E-state index in [1.54, 1.807) is 0 Å². The van der Waals surface area contributed by atoms with Crippen molar-refractivity contribution in [2.24, 2.45) is 0 Å². The van der Waals surface area contributed by atoms with Gasteiger partial charge in [-0.1, -0.05) is 0 Å². The maximum atomic E-state index is 10.8. The predicted molar refractivity (Wildman–Crippen MR) is 52.3 cm³/mol. The van der Waals surface area contributed by atoms with Gasteiger partial charge >= 0.3 is 29.7 Å². The minimum Gasteiger partial charge on any atom is -0.420 e. The third-order valence-electron chi connectivity index (χ3n) is 1.58. The summed E-state index contributed by atoms with van der Waals surface area (Å²) in [5, 5.41) is 28.4. The molecule has 0 aliphatic heterocycles. The second-order valence-electron chi connectivity index (χ2n) is 3.31. The van der Waals surface area contributed by atoms with Crippen molar-refractivity contribution >= 4 is 17.9 Å². The molecule has 1 unspecified atom stereocenters. The summed E-state index contributed by atoms with van der Waals surface area (Å²) in [7, 11) is 0. The van der Waals surface area contributed by atoms with Crippen LogP contribution in [0.25, 0.3) is 0 Å². The zero-order chi connectivity index (χ0) is 14.6. The van der Waals surface area contributed by atoms with Crippen molar-refractivity contribution in [2.75, 3.05) is 6.61 Å². The number of hydrogen-bond donors (Lipinski definition) is 3. The van der Waals surface area contributed by atoms with Crippen LogP contribution >= 0.6 is 0 Å². The molecule has 0 fully saturated rings. The molecule has 18 heavy (non-hydrogen) atoms. The summed E-state index contributed by atoms with van der Waals surface area (Å²) in [4.78, 5) is 32.3. The van der Waals surface area contributed by atoms with Crippen LogP contribution in [0.3, 0.4) is 0 Å². The Labute approximate surface area is 102 Å². The monoisotopic (exact) mass is 266 g/mol. The van der Waals surface area contributed by atoms with E-state index in [0.717, 1.165) is 20.8 Å². The Bertz CT molecular complexity index is 334. The molecular weight excluding hydrogens is 252 g/mol. The number of carbonyl (C=O) groups is 3. The van der Waals surface area contributed by atoms with E-state index in [4.69, 9.17) is 5.11 Å². The van der Waals surface area contributed by atoms with Crippen LogP contribution in [0.1, 0.15) is 20.8 Å². The van der Waals surface area contributed by atoms with Crippen molar-refractivity contribution in [1.29, 1.82) is 0 Å². The van der Waals surface area contributed by atoms with E-state index in [1.807, 2.05) is 0 Å². The largest absolute Gasteiger partial charge is 0.446 e. The van der Waals surface area contributed by atoms with Gasteiger partial charge in [0.05, 0.1) is 0 Å². The average molecular weight is 266 g/mol. The molecule has 9 heteroatoms. The molecule has 0 heterocycles. The fraction of sp³-hybridized carbons (Fsp3) is 0.667. The van der Waals surface area contributed by atoms with E-state index in [1.165, 1.54) is 0 Å². The number of aliphatic hydroxyl groups is 3. The lowest BCUT2D eigenvalue weighted by atomic mass is 10.2. The Morgan fingerprint density at radius 2 is 1.22 bits per heavy atom. The molecule has 0 aromatic rings. The van der Waals surface area contributed by atoms with Crippen molar-refractivity contribution in [3.63, 3.8) is 0 Å². The minimum atomic E-state index is -3.36. The van der Waals surface area contributed by atoms with Gasteiger partial charge in [-0.3, -0.25) is 14.4 Å². The van der Waals surface area contributed by atoms with Crippen molar-refractivity contribution in [1.82, 2.24) is 0 Å². The van der Waals surface area contributed by atoms with Gasteiger partial charge in [-0.15, -0.1) is 0 Å². The quantitative estimate of drug-likeness (QED) is 0.380. The highest BCUT2D eigenvalue weighted by Gasteiger charge is 2.60. The van der Waals surface area contributed by atoms with Crippen LogP contribution in [0.15, 0.2) is 0 Å². The molecule has 0 radical (unpaired) electrons. The highest BCUT2D eigenvalue weighted by Crippen LogP contribution is 2.27. The number of carbonyl (C=O) groups excluding carboxylic acids is 3. The van der Waals surface area contributed by atoms with E-state index in [9.17, 15) is 24.6 Å². The second-order valence-corrected chi connectivity index (χ2v) is 3.31. The van der Waals surface area contributed by atoms with Crippen LogP contribution < -0.4 is 0 Å². The topological polar surface area (TPSA) is 140 Å². The second kappa shape index (κ2) is 5.76. The lowest BCUT2D eigenvalue weighted by molar-refractivity contribution is -0.447. The summed E-state index contributed by atoms with van der Waals surface area (Å²) < 4.78 is 12.6. The summed E-state index contributed by atoms with van der Waals surface area (Å²) in [6.45, 7) is 1.13. The summed E-state index contributed by atoms with van der Waals surface area (Å²) >= 11 is 0. The number of rotatable bonds is 5. The SMILES string of the molecule is CC(=O)OC(O)(CO)C(O)(OC(C)=O)OC(C)=O. The third-order valence-corrected chi connectivity index (χ3v) is 1.58. The van der Waals surface area contributed by atoms with Gasteiger partial charge in [0.2, 0.25) is 0 Å². The summed E-state index contributed by atoms with van der Waals surface area (Å²) in [5.74, 6) is -9.93. The van der Waals surface area contributed by atoms with Crippen molar-refractivity contribution < 1.29 is 43.9 Å². The van der Waals surface area contributed by atoms with E-state index in [2.05, 4.69) is 14.2 Å². The minimum absolute atomic E-state index is 0.833. The molecule has 0 aromatic carbocycles. The molecule has 0 rings (SSSR count). The number of aliphatic hydroxyl groups excluding tert-OH is 1. The molecule has 0 saturated carbocycles. The molecule has 104 valence electrons. The van der Waals surface area contributed by atoms with E-state index in [-0.39, 0.29) is 0 Å². The van der Waals surface area contributed by atoms with Crippen LogP contribution in [0, 0.1) is 0 Å². The molecule has 3 N–H and O–H groups in total. The Kier molecular flexibility index (Phi) is 5.21. The Hall–Kier alpha value is -1.71. The highest BCUT2D eigenvalue weighted by atomic mass is 16.9. The summed E-state index contributed by atoms with van der Waals surface area (Å²) in [6.07, 6.45) is 0. The number of hydrogen-bond acceptors (Lipinski definition) is 9. The van der Waals surface area contributed by atoms with Crippen molar-refractivity contribution in [3.8, 4) is 0 Å². The molecule has 0 spiro atoms. The molecule has 0 aliphatic rings. The summed E-state index contributed by atoms with van der Waals surface area (Å²) in [5.41, 5.74) is 0. The summed E-state index contributed by atoms with van der Waals surface area (Å²) in [6, 6.07) is 0. The Morgan fingerprint density at radius 1 is 0.889 bits per heavy atom. The molecule has 0 bridgehead atoms. The fourth-order valence-electron chi connectivity index (χ4n) is 1.00. The maximum Gasteiger partial charge on any atom is 0.446 e. The predicted octanol–water partition coefficient (Wildman–Crippen LogP) is -2.00. The maximum absolute atomic E-state index is 10.8. The van der Waals surface area contributed by atoms with E-state index in [0.29, 0.717) is 0 Å². The fourth-order valence-corrected chi connectivity index (χ4v) is 1.00.